The Bertz CT molecular complexity index is 1340. The van der Waals surface area contributed by atoms with Crippen LogP contribution in [0.4, 0.5) is 10.2 Å². The molecular weight excluding hydrogens is 534 g/mol. The van der Waals surface area contributed by atoms with E-state index in [4.69, 9.17) is 18.5 Å². The fourth-order valence-electron chi connectivity index (χ4n) is 4.06. The summed E-state index contributed by atoms with van der Waals surface area (Å²) in [5, 5.41) is 16.3. The van der Waals surface area contributed by atoms with E-state index in [1.54, 1.807) is 51.2 Å². The number of ether oxygens (including phenoxy) is 2. The molecule has 0 bridgehead atoms. The highest BCUT2D eigenvalue weighted by molar-refractivity contribution is 7.52. The van der Waals surface area contributed by atoms with Crippen LogP contribution < -0.4 is 14.9 Å². The van der Waals surface area contributed by atoms with Crippen molar-refractivity contribution in [3.63, 3.8) is 0 Å². The van der Waals surface area contributed by atoms with Gasteiger partial charge in [-0.3, -0.25) is 13.9 Å². The predicted molar refractivity (Wildman–Crippen MR) is 139 cm³/mol. The van der Waals surface area contributed by atoms with Gasteiger partial charge in [0, 0.05) is 7.05 Å². The Morgan fingerprint density at radius 2 is 1.97 bits per heavy atom. The van der Waals surface area contributed by atoms with E-state index in [1.807, 2.05) is 0 Å². The summed E-state index contributed by atoms with van der Waals surface area (Å²) in [6.45, 7) is 5.44. The zero-order valence-corrected chi connectivity index (χ0v) is 23.0. The Labute approximate surface area is 224 Å². The van der Waals surface area contributed by atoms with Crippen LogP contribution in [-0.4, -0.2) is 74.3 Å². The van der Waals surface area contributed by atoms with Crippen molar-refractivity contribution in [3.05, 3.63) is 43.0 Å². The number of rotatable bonds is 11. The molecule has 1 aliphatic rings. The Balaban J connectivity index is 1.54. The summed E-state index contributed by atoms with van der Waals surface area (Å²) in [4.78, 5) is 24.9. The van der Waals surface area contributed by atoms with Crippen LogP contribution in [0.25, 0.3) is 11.2 Å². The van der Waals surface area contributed by atoms with E-state index < -0.39 is 56.6 Å². The number of benzene rings is 1. The molecule has 212 valence electrons. The van der Waals surface area contributed by atoms with Crippen molar-refractivity contribution in [1.82, 2.24) is 24.6 Å². The number of aliphatic hydroxyl groups is 1. The lowest BCUT2D eigenvalue weighted by Gasteiger charge is -2.25. The number of carbonyl (C=O) groups excluding carboxylic acids is 1. The van der Waals surface area contributed by atoms with Gasteiger partial charge in [0.1, 0.15) is 35.8 Å². The highest BCUT2D eigenvalue weighted by Crippen LogP contribution is 2.48. The van der Waals surface area contributed by atoms with Crippen LogP contribution in [0.5, 0.6) is 5.75 Å². The normalized spacial score (nSPS) is 25.4. The highest BCUT2D eigenvalue weighted by Gasteiger charge is 2.56. The first-order chi connectivity index (χ1) is 18.4. The number of nitrogens with one attached hydrogen (secondary N) is 2. The van der Waals surface area contributed by atoms with Crippen LogP contribution in [-0.2, 0) is 23.4 Å². The number of aromatic nitrogens is 4. The quantitative estimate of drug-likeness (QED) is 0.230. The van der Waals surface area contributed by atoms with E-state index in [0.29, 0.717) is 11.3 Å². The number of anilines is 1. The fraction of sp³-hybridized carbons (Fsp3) is 0.500. The van der Waals surface area contributed by atoms with E-state index in [2.05, 4.69) is 25.4 Å². The van der Waals surface area contributed by atoms with E-state index >= 15 is 4.39 Å². The lowest BCUT2D eigenvalue weighted by Crippen LogP contribution is -2.41. The van der Waals surface area contributed by atoms with Crippen molar-refractivity contribution in [2.24, 2.45) is 0 Å². The van der Waals surface area contributed by atoms with E-state index in [1.165, 1.54) is 31.1 Å². The first-order valence-electron chi connectivity index (χ1n) is 12.3. The number of nitrogens with zero attached hydrogens (tertiary/aromatic N) is 4. The van der Waals surface area contributed by atoms with Gasteiger partial charge in [-0.15, -0.1) is 0 Å². The Hall–Kier alpha value is -3.16. The van der Waals surface area contributed by atoms with Crippen LogP contribution in [0.2, 0.25) is 0 Å². The molecule has 0 aliphatic carbocycles. The summed E-state index contributed by atoms with van der Waals surface area (Å²) >= 11 is 0. The number of imidazole rings is 1. The molecule has 1 unspecified atom stereocenters. The molecule has 3 aromatic rings. The van der Waals surface area contributed by atoms with Crippen LogP contribution in [0, 0.1) is 0 Å². The van der Waals surface area contributed by atoms with Gasteiger partial charge in [-0.25, -0.2) is 23.9 Å². The minimum Gasteiger partial charge on any atom is -0.462 e. The Morgan fingerprint density at radius 1 is 1.26 bits per heavy atom. The van der Waals surface area contributed by atoms with Gasteiger partial charge in [0.25, 0.3) is 0 Å². The molecule has 1 fully saturated rings. The molecule has 1 saturated heterocycles. The van der Waals surface area contributed by atoms with Gasteiger partial charge in [0.05, 0.1) is 19.0 Å². The number of halogens is 1. The number of para-hydroxylation sites is 1. The second-order valence-electron chi connectivity index (χ2n) is 9.45. The molecule has 1 aliphatic heterocycles. The van der Waals surface area contributed by atoms with Gasteiger partial charge in [-0.1, -0.05) is 18.2 Å². The van der Waals surface area contributed by atoms with Gasteiger partial charge >= 0.3 is 13.7 Å². The number of alkyl halides is 1. The predicted octanol–water partition coefficient (Wildman–Crippen LogP) is 2.99. The van der Waals surface area contributed by atoms with Crippen LogP contribution in [0.15, 0.2) is 43.0 Å². The van der Waals surface area contributed by atoms with Crippen molar-refractivity contribution in [2.75, 3.05) is 19.0 Å². The van der Waals surface area contributed by atoms with Gasteiger partial charge in [-0.05, 0) is 39.8 Å². The maximum Gasteiger partial charge on any atom is 0.459 e. The van der Waals surface area contributed by atoms with Crippen molar-refractivity contribution in [1.29, 1.82) is 0 Å². The molecule has 0 spiro atoms. The Kier molecular flexibility index (Phi) is 8.52. The number of fused-ring (bicyclic) bond motifs is 1. The van der Waals surface area contributed by atoms with Gasteiger partial charge in [0.15, 0.2) is 23.4 Å². The third-order valence-corrected chi connectivity index (χ3v) is 7.64. The van der Waals surface area contributed by atoms with Crippen molar-refractivity contribution in [2.45, 2.75) is 63.9 Å². The van der Waals surface area contributed by atoms with E-state index in [9.17, 15) is 14.5 Å². The second kappa shape index (κ2) is 11.5. The SMILES string of the molecule is CNc1ncnc2c1ncn2[C@@H]1OC(CO[P@](=O)(N[C@H](C)C(=O)OC(C)C)Oc2ccccc2)[C@@H](O)[C@@]1(C)F. The zero-order chi connectivity index (χ0) is 28.4. The summed E-state index contributed by atoms with van der Waals surface area (Å²) < 4.78 is 53.2. The lowest BCUT2D eigenvalue weighted by molar-refractivity contribution is -0.149. The highest BCUT2D eigenvalue weighted by atomic mass is 31.2. The summed E-state index contributed by atoms with van der Waals surface area (Å²) in [5.41, 5.74) is -1.63. The van der Waals surface area contributed by atoms with E-state index in [-0.39, 0.29) is 11.4 Å². The van der Waals surface area contributed by atoms with Crippen LogP contribution in [0.1, 0.15) is 33.9 Å². The number of hydrogen-bond acceptors (Lipinski definition) is 11. The summed E-state index contributed by atoms with van der Waals surface area (Å²) in [6, 6.07) is 7.10. The van der Waals surface area contributed by atoms with Crippen LogP contribution in [0.3, 0.4) is 0 Å². The molecule has 4 rings (SSSR count). The average molecular weight is 567 g/mol. The summed E-state index contributed by atoms with van der Waals surface area (Å²) in [6.07, 6.45) is -2.05. The molecule has 15 heteroatoms. The molecular formula is C24H32FN6O7P. The Morgan fingerprint density at radius 3 is 2.64 bits per heavy atom. The molecule has 0 saturated carbocycles. The number of esters is 1. The first kappa shape index (κ1) is 28.8. The van der Waals surface area contributed by atoms with Crippen molar-refractivity contribution in [3.8, 4) is 5.75 Å². The third kappa shape index (κ3) is 6.20. The monoisotopic (exact) mass is 566 g/mol. The molecule has 0 amide bonds. The van der Waals surface area contributed by atoms with E-state index in [0.717, 1.165) is 0 Å². The standard InChI is InChI=1S/C24H32FN6O7P/c1-14(2)36-22(33)15(3)30-39(34,38-16-9-7-6-8-10-16)35-11-17-19(32)24(4,25)23(37-17)31-13-29-18-20(26-5)27-12-28-21(18)31/h6-10,12-15,17,19,23,32H,11H2,1-5H3,(H,30,34)(H,26,27,28)/t15-,17?,19-,23-,24-,39-/m1/s1. The minimum atomic E-state index is -4.26. The van der Waals surface area contributed by atoms with Crippen LogP contribution >= 0.6 is 7.75 Å². The van der Waals surface area contributed by atoms with Gasteiger partial charge < -0.3 is 24.4 Å². The molecule has 0 radical (unpaired) electrons. The second-order valence-corrected chi connectivity index (χ2v) is 11.1. The van der Waals surface area contributed by atoms with Gasteiger partial charge in [-0.2, -0.15) is 5.09 Å². The largest absolute Gasteiger partial charge is 0.462 e. The summed E-state index contributed by atoms with van der Waals surface area (Å²) in [7, 11) is -2.59. The summed E-state index contributed by atoms with van der Waals surface area (Å²) in [5.74, 6) is -0.0364. The molecule has 13 nitrogen and oxygen atoms in total. The molecule has 2 aromatic heterocycles. The maximum atomic E-state index is 15.9. The number of carbonyl (C=O) groups is 1. The number of aliphatic hydroxyl groups excluding tert-OH is 1. The van der Waals surface area contributed by atoms with Crippen molar-refractivity contribution < 1.29 is 37.4 Å². The smallest absolute Gasteiger partial charge is 0.459 e. The van der Waals surface area contributed by atoms with Gasteiger partial charge in [0.2, 0.25) is 0 Å². The lowest BCUT2D eigenvalue weighted by atomic mass is 9.98. The molecule has 3 N–H and O–H groups in total. The molecule has 3 heterocycles. The first-order valence-corrected chi connectivity index (χ1v) is 13.8. The molecule has 39 heavy (non-hydrogen) atoms. The average Bonchev–Trinajstić information content (AvgIpc) is 3.41. The third-order valence-electron chi connectivity index (χ3n) is 6.00. The molecule has 1 aromatic carbocycles. The zero-order valence-electron chi connectivity index (χ0n) is 22.1. The maximum absolute atomic E-state index is 15.9. The minimum absolute atomic E-state index is 0.198. The number of hydrogen-bond donors (Lipinski definition) is 3. The topological polar surface area (TPSA) is 159 Å². The molecule has 6 atom stereocenters. The van der Waals surface area contributed by atoms with Crippen molar-refractivity contribution >= 4 is 30.7 Å². The fourth-order valence-corrected chi connectivity index (χ4v) is 5.57.